The minimum Gasteiger partial charge on any atom is -0.507 e. The Labute approximate surface area is 159 Å². The molecule has 0 atom stereocenters. The molecular formula is C23H24O4. The molecule has 0 saturated carbocycles. The largest absolute Gasteiger partial charge is 0.507 e. The van der Waals surface area contributed by atoms with Gasteiger partial charge in [0, 0.05) is 11.1 Å². The molecule has 0 radical (unpaired) electrons. The smallest absolute Gasteiger partial charge is 0.166 e. The van der Waals surface area contributed by atoms with Crippen molar-refractivity contribution in [3.8, 4) is 45.3 Å². The Morgan fingerprint density at radius 3 is 1.30 bits per heavy atom. The van der Waals surface area contributed by atoms with E-state index in [2.05, 4.69) is 0 Å². The molecule has 140 valence electrons. The lowest BCUT2D eigenvalue weighted by molar-refractivity contribution is 0.406. The van der Waals surface area contributed by atoms with E-state index in [9.17, 15) is 20.4 Å². The van der Waals surface area contributed by atoms with Crippen LogP contribution in [0.25, 0.3) is 22.3 Å². The third-order valence-corrected chi connectivity index (χ3v) is 5.05. The van der Waals surface area contributed by atoms with Gasteiger partial charge >= 0.3 is 0 Å². The van der Waals surface area contributed by atoms with Gasteiger partial charge in [-0.25, -0.2) is 0 Å². The third-order valence-electron chi connectivity index (χ3n) is 5.05. The summed E-state index contributed by atoms with van der Waals surface area (Å²) in [5.74, 6) is 0.0546. The van der Waals surface area contributed by atoms with E-state index >= 15 is 0 Å². The van der Waals surface area contributed by atoms with Gasteiger partial charge in [0.1, 0.15) is 11.5 Å². The minimum absolute atomic E-state index is 0.196. The van der Waals surface area contributed by atoms with Crippen molar-refractivity contribution in [2.45, 2.75) is 34.6 Å². The Balaban J connectivity index is 2.24. The van der Waals surface area contributed by atoms with Crippen LogP contribution in [0.1, 0.15) is 27.8 Å². The number of hydrogen-bond acceptors (Lipinski definition) is 4. The molecule has 4 nitrogen and oxygen atoms in total. The molecule has 0 unspecified atom stereocenters. The van der Waals surface area contributed by atoms with Crippen LogP contribution >= 0.6 is 0 Å². The maximum atomic E-state index is 10.8. The molecule has 0 aliphatic carbocycles. The maximum Gasteiger partial charge on any atom is 0.166 e. The lowest BCUT2D eigenvalue weighted by Gasteiger charge is -2.17. The lowest BCUT2D eigenvalue weighted by atomic mass is 9.91. The van der Waals surface area contributed by atoms with Crippen LogP contribution in [0.2, 0.25) is 0 Å². The number of aromatic hydroxyl groups is 4. The summed E-state index contributed by atoms with van der Waals surface area (Å²) in [7, 11) is 0. The van der Waals surface area contributed by atoms with Crippen LogP contribution in [-0.4, -0.2) is 20.4 Å². The van der Waals surface area contributed by atoms with Crippen molar-refractivity contribution in [2.75, 3.05) is 0 Å². The zero-order chi connectivity index (χ0) is 20.0. The monoisotopic (exact) mass is 364 g/mol. The molecule has 0 fully saturated rings. The van der Waals surface area contributed by atoms with E-state index in [-0.39, 0.29) is 23.0 Å². The van der Waals surface area contributed by atoms with Crippen molar-refractivity contribution in [3.63, 3.8) is 0 Å². The fourth-order valence-corrected chi connectivity index (χ4v) is 3.59. The Bertz CT molecular complexity index is 1020. The molecular weight excluding hydrogens is 340 g/mol. The van der Waals surface area contributed by atoms with Crippen molar-refractivity contribution in [3.05, 3.63) is 58.1 Å². The lowest BCUT2D eigenvalue weighted by Crippen LogP contribution is -1.92. The van der Waals surface area contributed by atoms with Gasteiger partial charge in [-0.15, -0.1) is 0 Å². The Hall–Kier alpha value is -3.14. The summed E-state index contributed by atoms with van der Waals surface area (Å²) in [6.45, 7) is 9.07. The van der Waals surface area contributed by atoms with E-state index in [1.54, 1.807) is 52.0 Å². The first-order valence-corrected chi connectivity index (χ1v) is 8.78. The van der Waals surface area contributed by atoms with E-state index in [1.807, 2.05) is 13.0 Å². The predicted molar refractivity (Wildman–Crippen MR) is 108 cm³/mol. The standard InChI is InChI=1S/C23H24O4/c1-11-10-18(16-6-12(2)20(24)13(3)7-16)22(26)23(27)19(11)17-8-14(4)21(25)15(5)9-17/h6-10,24-27H,1-5H3. The van der Waals surface area contributed by atoms with Crippen LogP contribution < -0.4 is 0 Å². The second-order valence-corrected chi connectivity index (χ2v) is 7.23. The van der Waals surface area contributed by atoms with Crippen molar-refractivity contribution in [2.24, 2.45) is 0 Å². The molecule has 0 aliphatic heterocycles. The average molecular weight is 364 g/mol. The quantitative estimate of drug-likeness (QED) is 0.460. The summed E-state index contributed by atoms with van der Waals surface area (Å²) >= 11 is 0. The summed E-state index contributed by atoms with van der Waals surface area (Å²) < 4.78 is 0. The van der Waals surface area contributed by atoms with Gasteiger partial charge < -0.3 is 20.4 Å². The van der Waals surface area contributed by atoms with E-state index in [1.165, 1.54) is 0 Å². The highest BCUT2D eigenvalue weighted by molar-refractivity contribution is 5.86. The van der Waals surface area contributed by atoms with Crippen LogP contribution in [-0.2, 0) is 0 Å². The molecule has 3 aromatic carbocycles. The molecule has 0 aromatic heterocycles. The molecule has 4 N–H and O–H groups in total. The van der Waals surface area contributed by atoms with Gasteiger partial charge in [-0.05, 0) is 104 Å². The van der Waals surface area contributed by atoms with Crippen LogP contribution in [0.3, 0.4) is 0 Å². The van der Waals surface area contributed by atoms with Gasteiger partial charge in [0.25, 0.3) is 0 Å². The van der Waals surface area contributed by atoms with Gasteiger partial charge in [-0.3, -0.25) is 0 Å². The molecule has 4 heteroatoms. The Morgan fingerprint density at radius 2 is 0.852 bits per heavy atom. The Morgan fingerprint density at radius 1 is 0.444 bits per heavy atom. The SMILES string of the molecule is Cc1cc(-c2cc(C)c(-c3cc(C)c(O)c(C)c3)c(O)c2O)cc(C)c1O. The minimum atomic E-state index is -0.205. The topological polar surface area (TPSA) is 80.9 Å². The second kappa shape index (κ2) is 6.54. The first kappa shape index (κ1) is 18.6. The number of aryl methyl sites for hydroxylation is 5. The number of rotatable bonds is 2. The van der Waals surface area contributed by atoms with Gasteiger partial charge in [0.05, 0.1) is 0 Å². The second-order valence-electron chi connectivity index (χ2n) is 7.23. The first-order chi connectivity index (χ1) is 12.6. The van der Waals surface area contributed by atoms with Crippen LogP contribution in [0.15, 0.2) is 30.3 Å². The third kappa shape index (κ3) is 3.08. The molecule has 0 saturated heterocycles. The molecule has 0 spiro atoms. The highest BCUT2D eigenvalue weighted by atomic mass is 16.3. The number of phenols is 4. The van der Waals surface area contributed by atoms with E-state index in [4.69, 9.17) is 0 Å². The van der Waals surface area contributed by atoms with E-state index in [0.717, 1.165) is 16.7 Å². The van der Waals surface area contributed by atoms with Crippen molar-refractivity contribution < 1.29 is 20.4 Å². The highest BCUT2D eigenvalue weighted by Gasteiger charge is 2.19. The van der Waals surface area contributed by atoms with Gasteiger partial charge in [0.2, 0.25) is 0 Å². The molecule has 0 bridgehead atoms. The molecule has 0 amide bonds. The fraction of sp³-hybridized carbons (Fsp3) is 0.217. The predicted octanol–water partition coefficient (Wildman–Crippen LogP) is 5.39. The highest BCUT2D eigenvalue weighted by Crippen LogP contribution is 2.47. The molecule has 27 heavy (non-hydrogen) atoms. The van der Waals surface area contributed by atoms with Gasteiger partial charge in [0.15, 0.2) is 11.5 Å². The fourth-order valence-electron chi connectivity index (χ4n) is 3.59. The average Bonchev–Trinajstić information content (AvgIpc) is 2.60. The summed E-state index contributed by atoms with van der Waals surface area (Å²) in [4.78, 5) is 0. The summed E-state index contributed by atoms with van der Waals surface area (Å²) in [5.41, 5.74) is 6.12. The zero-order valence-electron chi connectivity index (χ0n) is 16.2. The molecule has 3 rings (SSSR count). The number of phenolic OH excluding ortho intramolecular Hbond substituents is 4. The van der Waals surface area contributed by atoms with Crippen LogP contribution in [0, 0.1) is 34.6 Å². The first-order valence-electron chi connectivity index (χ1n) is 8.78. The van der Waals surface area contributed by atoms with Crippen molar-refractivity contribution >= 4 is 0 Å². The maximum absolute atomic E-state index is 10.8. The molecule has 0 aliphatic rings. The van der Waals surface area contributed by atoms with E-state index in [0.29, 0.717) is 33.4 Å². The van der Waals surface area contributed by atoms with Gasteiger partial charge in [-0.2, -0.15) is 0 Å². The van der Waals surface area contributed by atoms with E-state index < -0.39 is 0 Å². The number of benzene rings is 3. The van der Waals surface area contributed by atoms with Crippen molar-refractivity contribution in [1.29, 1.82) is 0 Å². The van der Waals surface area contributed by atoms with Crippen LogP contribution in [0.4, 0.5) is 0 Å². The number of hydrogen-bond donors (Lipinski definition) is 4. The summed E-state index contributed by atoms with van der Waals surface area (Å²) in [6.07, 6.45) is 0. The summed E-state index contributed by atoms with van der Waals surface area (Å²) in [5, 5.41) is 41.5. The normalized spacial score (nSPS) is 11.0. The molecule has 0 heterocycles. The van der Waals surface area contributed by atoms with Gasteiger partial charge in [-0.1, -0.05) is 0 Å². The van der Waals surface area contributed by atoms with Crippen molar-refractivity contribution in [1.82, 2.24) is 0 Å². The molecule has 3 aromatic rings. The van der Waals surface area contributed by atoms with Crippen LogP contribution in [0.5, 0.6) is 23.0 Å². The Kier molecular flexibility index (Phi) is 4.52. The zero-order valence-corrected chi connectivity index (χ0v) is 16.2. The summed E-state index contributed by atoms with van der Waals surface area (Å²) in [6, 6.07) is 8.97.